The van der Waals surface area contributed by atoms with Crippen LogP contribution in [0.15, 0.2) is 48.5 Å². The average Bonchev–Trinajstić information content (AvgIpc) is 2.60. The second-order valence-electron chi connectivity index (χ2n) is 6.88. The van der Waals surface area contributed by atoms with E-state index in [0.717, 1.165) is 12.6 Å². The first-order chi connectivity index (χ1) is 12.2. The van der Waals surface area contributed by atoms with Gasteiger partial charge in [-0.3, -0.25) is 9.59 Å². The minimum absolute atomic E-state index is 0.441. The Labute approximate surface area is 152 Å². The van der Waals surface area contributed by atoms with E-state index in [-0.39, 0.29) is 0 Å². The van der Waals surface area contributed by atoms with Crippen LogP contribution in [-0.2, 0) is 20.7 Å². The van der Waals surface area contributed by atoms with Gasteiger partial charge in [0.05, 0.1) is 0 Å². The fourth-order valence-electron chi connectivity index (χ4n) is 2.84. The molecule has 0 N–H and O–H groups in total. The average molecular weight is 354 g/mol. The number of ether oxygens (including phenoxy) is 2. The molecule has 2 aromatic rings. The van der Waals surface area contributed by atoms with Gasteiger partial charge in [0, 0.05) is 22.3 Å². The van der Waals surface area contributed by atoms with Crippen LogP contribution in [0.2, 0.25) is 0 Å². The van der Waals surface area contributed by atoms with Crippen LogP contribution in [0.5, 0.6) is 0 Å². The summed E-state index contributed by atoms with van der Waals surface area (Å²) < 4.78 is 11.0. The van der Waals surface area contributed by atoms with E-state index < -0.39 is 17.4 Å². The van der Waals surface area contributed by atoms with Crippen LogP contribution < -0.4 is 0 Å². The highest BCUT2D eigenvalue weighted by molar-refractivity contribution is 5.79. The molecule has 0 bridgehead atoms. The first kappa shape index (κ1) is 19.4. The minimum atomic E-state index is -1.06. The van der Waals surface area contributed by atoms with Gasteiger partial charge in [-0.2, -0.15) is 0 Å². The number of carbonyl (C=O) groups excluding carboxylic acids is 3. The minimum Gasteiger partial charge on any atom is -0.423 e. The van der Waals surface area contributed by atoms with Crippen molar-refractivity contribution in [2.75, 3.05) is 0 Å². The van der Waals surface area contributed by atoms with E-state index >= 15 is 0 Å². The molecule has 5 nitrogen and oxygen atoms in total. The molecule has 2 aromatic carbocycles. The number of benzene rings is 2. The van der Waals surface area contributed by atoms with E-state index in [1.807, 2.05) is 0 Å². The van der Waals surface area contributed by atoms with E-state index in [1.165, 1.54) is 0 Å². The summed E-state index contributed by atoms with van der Waals surface area (Å²) in [5.74, 6) is 0. The molecule has 5 heteroatoms. The maximum absolute atomic E-state index is 12.4. The molecule has 0 aromatic heterocycles. The normalized spacial score (nSPS) is 11.5. The standard InChI is InChI=1S/C21H22O5/c1-20(2,17-11-7-5-9-15(17)13-22)25-19(24)26-21(3,4)18-12-8-6-10-16(18)14-23/h5-14H,1-4H3. The van der Waals surface area contributed by atoms with Gasteiger partial charge in [0.15, 0.2) is 0 Å². The molecule has 0 fully saturated rings. The molecule has 2 rings (SSSR count). The molecule has 0 aliphatic rings. The lowest BCUT2D eigenvalue weighted by atomic mass is 9.93. The van der Waals surface area contributed by atoms with Crippen molar-refractivity contribution < 1.29 is 23.9 Å². The van der Waals surface area contributed by atoms with Gasteiger partial charge < -0.3 is 9.47 Å². The summed E-state index contributed by atoms with van der Waals surface area (Å²) in [5, 5.41) is 0. The highest BCUT2D eigenvalue weighted by atomic mass is 16.7. The largest absolute Gasteiger partial charge is 0.510 e. The van der Waals surface area contributed by atoms with Gasteiger partial charge in [0.2, 0.25) is 0 Å². The van der Waals surface area contributed by atoms with Crippen molar-refractivity contribution in [2.45, 2.75) is 38.9 Å². The third-order valence-electron chi connectivity index (χ3n) is 4.15. The Morgan fingerprint density at radius 1 is 0.731 bits per heavy atom. The first-order valence-corrected chi connectivity index (χ1v) is 8.22. The van der Waals surface area contributed by atoms with Gasteiger partial charge in [0.1, 0.15) is 23.8 Å². The number of hydrogen-bond donors (Lipinski definition) is 0. The lowest BCUT2D eigenvalue weighted by molar-refractivity contribution is -0.0636. The topological polar surface area (TPSA) is 69.7 Å². The fraction of sp³-hybridized carbons (Fsp3) is 0.286. The summed E-state index contributed by atoms with van der Waals surface area (Å²) >= 11 is 0. The van der Waals surface area contributed by atoms with Crippen LogP contribution in [-0.4, -0.2) is 18.7 Å². The molecule has 0 unspecified atom stereocenters. The molecule has 0 radical (unpaired) electrons. The Morgan fingerprint density at radius 2 is 1.08 bits per heavy atom. The van der Waals surface area contributed by atoms with Crippen LogP contribution in [0.4, 0.5) is 4.79 Å². The molecule has 0 saturated heterocycles. The zero-order chi connectivity index (χ0) is 19.4. The van der Waals surface area contributed by atoms with Crippen LogP contribution in [0.1, 0.15) is 59.5 Å². The molecule has 0 aliphatic carbocycles. The predicted molar refractivity (Wildman–Crippen MR) is 97.3 cm³/mol. The molecule has 136 valence electrons. The summed E-state index contributed by atoms with van der Waals surface area (Å²) in [6.07, 6.45) is 0.549. The molecule has 0 saturated carbocycles. The number of rotatable bonds is 6. The van der Waals surface area contributed by atoms with E-state index in [1.54, 1.807) is 76.2 Å². The molecule has 26 heavy (non-hydrogen) atoms. The Hall–Kier alpha value is -2.95. The highest BCUT2D eigenvalue weighted by Crippen LogP contribution is 2.31. The second kappa shape index (κ2) is 7.52. The summed E-state index contributed by atoms with van der Waals surface area (Å²) in [7, 11) is 0. The van der Waals surface area contributed by atoms with Crippen molar-refractivity contribution in [1.29, 1.82) is 0 Å². The molecule has 0 atom stereocenters. The molecular weight excluding hydrogens is 332 g/mol. The molecule has 0 amide bonds. The van der Waals surface area contributed by atoms with Gasteiger partial charge in [-0.1, -0.05) is 48.5 Å². The maximum atomic E-state index is 12.4. The summed E-state index contributed by atoms with van der Waals surface area (Å²) in [5.41, 5.74) is -0.0771. The van der Waals surface area contributed by atoms with Gasteiger partial charge in [0.25, 0.3) is 0 Å². The van der Waals surface area contributed by atoms with Crippen molar-refractivity contribution >= 4 is 18.7 Å². The van der Waals surface area contributed by atoms with Crippen LogP contribution >= 0.6 is 0 Å². The van der Waals surface area contributed by atoms with Crippen LogP contribution in [0, 0.1) is 0 Å². The van der Waals surface area contributed by atoms with Crippen molar-refractivity contribution in [1.82, 2.24) is 0 Å². The van der Waals surface area contributed by atoms with Gasteiger partial charge in [-0.05, 0) is 27.7 Å². The molecule has 0 spiro atoms. The van der Waals surface area contributed by atoms with E-state index in [0.29, 0.717) is 22.3 Å². The third-order valence-corrected chi connectivity index (χ3v) is 4.15. The maximum Gasteiger partial charge on any atom is 0.510 e. The quantitative estimate of drug-likeness (QED) is 0.558. The Balaban J connectivity index is 2.21. The smallest absolute Gasteiger partial charge is 0.423 e. The lowest BCUT2D eigenvalue weighted by Gasteiger charge is -2.31. The number of carbonyl (C=O) groups is 3. The highest BCUT2D eigenvalue weighted by Gasteiger charge is 2.33. The molecule has 0 heterocycles. The van der Waals surface area contributed by atoms with Crippen molar-refractivity contribution in [2.24, 2.45) is 0 Å². The van der Waals surface area contributed by atoms with E-state index in [2.05, 4.69) is 0 Å². The van der Waals surface area contributed by atoms with E-state index in [9.17, 15) is 14.4 Å². The monoisotopic (exact) mass is 354 g/mol. The van der Waals surface area contributed by atoms with Gasteiger partial charge >= 0.3 is 6.16 Å². The van der Waals surface area contributed by atoms with Crippen LogP contribution in [0.3, 0.4) is 0 Å². The number of hydrogen-bond acceptors (Lipinski definition) is 5. The Bertz CT molecular complexity index is 753. The summed E-state index contributed by atoms with van der Waals surface area (Å²) in [6.45, 7) is 6.73. The zero-order valence-corrected chi connectivity index (χ0v) is 15.3. The number of aldehydes is 2. The summed E-state index contributed by atoms with van der Waals surface area (Å²) in [6, 6.07) is 13.8. The fourth-order valence-corrected chi connectivity index (χ4v) is 2.84. The van der Waals surface area contributed by atoms with Gasteiger partial charge in [-0.25, -0.2) is 4.79 Å². The SMILES string of the molecule is CC(C)(OC(=O)OC(C)(C)c1ccccc1C=O)c1ccccc1C=O. The van der Waals surface area contributed by atoms with Crippen molar-refractivity contribution in [3.05, 3.63) is 70.8 Å². The molecule has 0 aliphatic heterocycles. The van der Waals surface area contributed by atoms with Crippen molar-refractivity contribution in [3.63, 3.8) is 0 Å². The first-order valence-electron chi connectivity index (χ1n) is 8.22. The Kier molecular flexibility index (Phi) is 5.60. The molecular formula is C21H22O5. The van der Waals surface area contributed by atoms with Crippen LogP contribution in [0.25, 0.3) is 0 Å². The second-order valence-corrected chi connectivity index (χ2v) is 6.88. The zero-order valence-electron chi connectivity index (χ0n) is 15.3. The summed E-state index contributed by atoms with van der Waals surface area (Å²) in [4.78, 5) is 34.9. The van der Waals surface area contributed by atoms with E-state index in [4.69, 9.17) is 9.47 Å². The predicted octanol–water partition coefficient (Wildman–Crippen LogP) is 4.64. The lowest BCUT2D eigenvalue weighted by Crippen LogP contribution is -2.32. The Morgan fingerprint density at radius 3 is 1.42 bits per heavy atom. The third kappa shape index (κ3) is 4.17. The van der Waals surface area contributed by atoms with Gasteiger partial charge in [-0.15, -0.1) is 0 Å². The van der Waals surface area contributed by atoms with Crippen molar-refractivity contribution in [3.8, 4) is 0 Å².